The van der Waals surface area contributed by atoms with Crippen molar-refractivity contribution >= 4 is 29.6 Å². The number of amides is 1. The van der Waals surface area contributed by atoms with Gasteiger partial charge in [0.2, 0.25) is 5.91 Å². The van der Waals surface area contributed by atoms with Crippen molar-refractivity contribution in [2.45, 2.75) is 68.8 Å². The lowest BCUT2D eigenvalue weighted by atomic mass is 10.00. The van der Waals surface area contributed by atoms with Crippen LogP contribution in [0.3, 0.4) is 0 Å². The summed E-state index contributed by atoms with van der Waals surface area (Å²) in [5, 5.41) is 12.8. The molecule has 7 nitrogen and oxygen atoms in total. The summed E-state index contributed by atoms with van der Waals surface area (Å²) >= 11 is 1.79. The number of esters is 1. The normalized spacial score (nSPS) is 24.8. The van der Waals surface area contributed by atoms with E-state index in [1.165, 1.54) is 4.90 Å². The van der Waals surface area contributed by atoms with Gasteiger partial charge in [0.15, 0.2) is 0 Å². The molecule has 170 valence electrons. The summed E-state index contributed by atoms with van der Waals surface area (Å²) in [6.07, 6.45) is 3.63. The fourth-order valence-electron chi connectivity index (χ4n) is 4.53. The Kier molecular flexibility index (Phi) is 8.00. The molecule has 8 heteroatoms. The van der Waals surface area contributed by atoms with Crippen molar-refractivity contribution in [3.05, 3.63) is 35.9 Å². The maximum Gasteiger partial charge on any atom is 0.326 e. The number of hydrogen-bond acceptors (Lipinski definition) is 6. The van der Waals surface area contributed by atoms with Gasteiger partial charge >= 0.3 is 11.9 Å². The summed E-state index contributed by atoms with van der Waals surface area (Å²) in [6.45, 7) is 4.16. The van der Waals surface area contributed by atoms with Crippen LogP contribution in [-0.2, 0) is 25.5 Å². The van der Waals surface area contributed by atoms with E-state index >= 15 is 0 Å². The number of carbonyl (C=O) groups is 3. The second-order valence-corrected chi connectivity index (χ2v) is 9.94. The Morgan fingerprint density at radius 3 is 2.68 bits per heavy atom. The van der Waals surface area contributed by atoms with E-state index in [4.69, 9.17) is 4.74 Å². The number of aliphatic carboxylic acids is 1. The zero-order valence-corrected chi connectivity index (χ0v) is 19.0. The fourth-order valence-corrected chi connectivity index (χ4v) is 6.05. The van der Waals surface area contributed by atoms with Crippen molar-refractivity contribution in [3.63, 3.8) is 0 Å². The Labute approximate surface area is 187 Å². The van der Waals surface area contributed by atoms with Gasteiger partial charge < -0.3 is 14.7 Å². The lowest BCUT2D eigenvalue weighted by molar-refractivity contribution is -0.150. The zero-order chi connectivity index (χ0) is 22.4. The molecule has 3 rings (SSSR count). The molecule has 1 amide bonds. The maximum absolute atomic E-state index is 13.2. The first-order valence-electron chi connectivity index (χ1n) is 11.0. The van der Waals surface area contributed by atoms with E-state index in [2.05, 4.69) is 5.32 Å². The molecule has 0 saturated carbocycles. The molecule has 3 unspecified atom stereocenters. The predicted molar refractivity (Wildman–Crippen MR) is 120 cm³/mol. The Balaban J connectivity index is 1.67. The number of benzene rings is 1. The van der Waals surface area contributed by atoms with Crippen molar-refractivity contribution in [3.8, 4) is 0 Å². The minimum atomic E-state index is -0.962. The monoisotopic (exact) mass is 448 g/mol. The van der Waals surface area contributed by atoms with Crippen LogP contribution >= 0.6 is 11.8 Å². The summed E-state index contributed by atoms with van der Waals surface area (Å²) in [5.74, 6) is -0.620. The average molecular weight is 449 g/mol. The van der Waals surface area contributed by atoms with Gasteiger partial charge in [-0.2, -0.15) is 11.8 Å². The first-order chi connectivity index (χ1) is 14.8. The largest absolute Gasteiger partial charge is 0.480 e. The Morgan fingerprint density at radius 1 is 1.32 bits per heavy atom. The van der Waals surface area contributed by atoms with Crippen LogP contribution in [0.1, 0.15) is 45.1 Å². The average Bonchev–Trinajstić information content (AvgIpc) is 3.38. The van der Waals surface area contributed by atoms with E-state index < -0.39 is 30.1 Å². The quantitative estimate of drug-likeness (QED) is 0.560. The van der Waals surface area contributed by atoms with Crippen molar-refractivity contribution in [1.29, 1.82) is 0 Å². The number of carboxylic acid groups (broad SMARTS) is 1. The van der Waals surface area contributed by atoms with Crippen molar-refractivity contribution in [1.82, 2.24) is 10.2 Å². The molecule has 2 aliphatic heterocycles. The highest BCUT2D eigenvalue weighted by molar-refractivity contribution is 8.00. The summed E-state index contributed by atoms with van der Waals surface area (Å²) in [7, 11) is 0. The second-order valence-electron chi connectivity index (χ2n) is 8.38. The van der Waals surface area contributed by atoms with Crippen LogP contribution in [0.5, 0.6) is 0 Å². The van der Waals surface area contributed by atoms with Crippen LogP contribution in [0.25, 0.3) is 0 Å². The third-order valence-corrected chi connectivity index (χ3v) is 7.72. The number of carbonyl (C=O) groups excluding carboxylic acids is 2. The Morgan fingerprint density at radius 2 is 2.06 bits per heavy atom. The number of carboxylic acids is 1. The highest BCUT2D eigenvalue weighted by Crippen LogP contribution is 2.47. The molecule has 2 heterocycles. The van der Waals surface area contributed by atoms with Gasteiger partial charge in [-0.15, -0.1) is 0 Å². The third kappa shape index (κ3) is 5.80. The lowest BCUT2D eigenvalue weighted by Crippen LogP contribution is -2.53. The van der Waals surface area contributed by atoms with Crippen LogP contribution in [0, 0.1) is 0 Å². The number of hydrogen-bond donors (Lipinski definition) is 2. The minimum Gasteiger partial charge on any atom is -0.480 e. The van der Waals surface area contributed by atoms with Crippen LogP contribution in [0.4, 0.5) is 0 Å². The van der Waals surface area contributed by atoms with Crippen LogP contribution < -0.4 is 5.32 Å². The molecule has 2 N–H and O–H groups in total. The highest BCUT2D eigenvalue weighted by atomic mass is 32.2. The van der Waals surface area contributed by atoms with Gasteiger partial charge in [-0.25, -0.2) is 4.79 Å². The molecule has 2 aliphatic rings. The molecule has 31 heavy (non-hydrogen) atoms. The first-order valence-corrected chi connectivity index (χ1v) is 12.0. The Hall–Kier alpha value is -2.06. The number of nitrogens with one attached hydrogen (secondary N) is 1. The number of likely N-dealkylation sites (tertiary alicyclic amines) is 1. The number of nitrogens with zero attached hydrogens (tertiary/aromatic N) is 1. The highest BCUT2D eigenvalue weighted by Gasteiger charge is 2.51. The van der Waals surface area contributed by atoms with Gasteiger partial charge in [-0.3, -0.25) is 14.9 Å². The minimum absolute atomic E-state index is 0.147. The van der Waals surface area contributed by atoms with E-state index in [0.717, 1.165) is 24.2 Å². The van der Waals surface area contributed by atoms with E-state index in [0.29, 0.717) is 25.8 Å². The molecular formula is C23H32N2O5S. The molecule has 1 aromatic rings. The number of aryl methyl sites for hydroxylation is 1. The molecule has 0 bridgehead atoms. The summed E-state index contributed by atoms with van der Waals surface area (Å²) in [5.41, 5.74) is 1.10. The van der Waals surface area contributed by atoms with E-state index in [1.807, 2.05) is 30.3 Å². The van der Waals surface area contributed by atoms with Crippen molar-refractivity contribution in [2.24, 2.45) is 0 Å². The van der Waals surface area contributed by atoms with E-state index in [1.54, 1.807) is 25.6 Å². The first kappa shape index (κ1) is 23.6. The van der Waals surface area contributed by atoms with Gasteiger partial charge in [0.25, 0.3) is 0 Å². The molecule has 2 fully saturated rings. The van der Waals surface area contributed by atoms with Crippen molar-refractivity contribution < 1.29 is 24.2 Å². The van der Waals surface area contributed by atoms with E-state index in [-0.39, 0.29) is 17.3 Å². The van der Waals surface area contributed by atoms with Gasteiger partial charge in [0, 0.05) is 11.3 Å². The Bertz CT molecular complexity index is 781. The maximum atomic E-state index is 13.2. The summed E-state index contributed by atoms with van der Waals surface area (Å²) < 4.78 is 5.06. The SMILES string of the molecule is CCOC(=O)C(CCc1ccccc1)N[C@@H](C)C(=O)N1CC2(CCCS2)CC1C(=O)O. The van der Waals surface area contributed by atoms with Gasteiger partial charge in [-0.1, -0.05) is 30.3 Å². The molecule has 2 saturated heterocycles. The van der Waals surface area contributed by atoms with Crippen LogP contribution in [0.2, 0.25) is 0 Å². The predicted octanol–water partition coefficient (Wildman–Crippen LogP) is 2.48. The number of rotatable bonds is 9. The van der Waals surface area contributed by atoms with Crippen molar-refractivity contribution in [2.75, 3.05) is 18.9 Å². The molecule has 1 aromatic carbocycles. The van der Waals surface area contributed by atoms with Gasteiger partial charge in [0.1, 0.15) is 12.1 Å². The molecule has 0 aromatic heterocycles. The zero-order valence-electron chi connectivity index (χ0n) is 18.2. The van der Waals surface area contributed by atoms with Gasteiger partial charge in [0.05, 0.1) is 12.6 Å². The molecule has 0 radical (unpaired) electrons. The molecule has 4 atom stereocenters. The van der Waals surface area contributed by atoms with Crippen LogP contribution in [-0.4, -0.2) is 69.6 Å². The van der Waals surface area contributed by atoms with Gasteiger partial charge in [-0.05, 0) is 57.3 Å². The number of ether oxygens (including phenoxy) is 1. The standard InChI is InChI=1S/C23H32N2O5S/c1-3-30-22(29)18(11-10-17-8-5-4-6-9-17)24-16(2)20(26)25-15-23(12-7-13-31-23)14-19(25)21(27)28/h4-6,8-9,16,18-19,24H,3,7,10-15H2,1-2H3,(H,27,28)/t16-,18?,19?,23?/m0/s1. The second kappa shape index (κ2) is 10.5. The lowest BCUT2D eigenvalue weighted by Gasteiger charge is -2.28. The van der Waals surface area contributed by atoms with Crippen LogP contribution in [0.15, 0.2) is 30.3 Å². The summed E-state index contributed by atoms with van der Waals surface area (Å²) in [4.78, 5) is 39.1. The molecule has 1 spiro atoms. The topological polar surface area (TPSA) is 95.9 Å². The third-order valence-electron chi connectivity index (χ3n) is 6.11. The fraction of sp³-hybridized carbons (Fsp3) is 0.609. The summed E-state index contributed by atoms with van der Waals surface area (Å²) in [6, 6.07) is 7.69. The molecular weight excluding hydrogens is 416 g/mol. The number of thioether (sulfide) groups is 1. The smallest absolute Gasteiger partial charge is 0.326 e. The van der Waals surface area contributed by atoms with E-state index in [9.17, 15) is 19.5 Å². The molecule has 0 aliphatic carbocycles.